The third-order valence-electron chi connectivity index (χ3n) is 3.70. The largest absolute Gasteiger partial charge is 0.399 e. The van der Waals surface area contributed by atoms with E-state index in [0.29, 0.717) is 11.4 Å². The summed E-state index contributed by atoms with van der Waals surface area (Å²) < 4.78 is 27.8. The summed E-state index contributed by atoms with van der Waals surface area (Å²) in [6.07, 6.45) is 0. The van der Waals surface area contributed by atoms with E-state index in [9.17, 15) is 8.42 Å². The number of nitrogens with two attached hydrogens (primary N) is 1. The van der Waals surface area contributed by atoms with Crippen LogP contribution in [0.25, 0.3) is 10.4 Å². The number of thiophene rings is 1. The van der Waals surface area contributed by atoms with E-state index in [1.165, 1.54) is 17.0 Å². The lowest BCUT2D eigenvalue weighted by molar-refractivity contribution is 0.601. The van der Waals surface area contributed by atoms with Crippen molar-refractivity contribution in [3.8, 4) is 10.4 Å². The molecule has 1 heterocycles. The molecule has 3 N–H and O–H groups in total. The molecule has 0 radical (unpaired) electrons. The lowest BCUT2D eigenvalue weighted by Gasteiger charge is -2.12. The molecule has 0 unspecified atom stereocenters. The van der Waals surface area contributed by atoms with Gasteiger partial charge < -0.3 is 5.73 Å². The standard InChI is InChI=1S/C18H18N2O2S2/c1-12-3-5-14(18-10-4-13(2)23-18)11-17(12)20-24(21,22)16-8-6-15(19)7-9-16/h3-11,20H,19H2,1-2H3. The van der Waals surface area contributed by atoms with E-state index in [1.54, 1.807) is 23.5 Å². The van der Waals surface area contributed by atoms with Crippen LogP contribution in [0.1, 0.15) is 10.4 Å². The Hall–Kier alpha value is -2.31. The van der Waals surface area contributed by atoms with E-state index < -0.39 is 10.0 Å². The van der Waals surface area contributed by atoms with Crippen LogP contribution in [0.5, 0.6) is 0 Å². The zero-order chi connectivity index (χ0) is 17.3. The average Bonchev–Trinajstić information content (AvgIpc) is 2.96. The highest BCUT2D eigenvalue weighted by Gasteiger charge is 2.15. The Morgan fingerprint density at radius 3 is 2.29 bits per heavy atom. The lowest BCUT2D eigenvalue weighted by Crippen LogP contribution is -2.13. The van der Waals surface area contributed by atoms with Gasteiger partial charge in [-0.25, -0.2) is 8.42 Å². The van der Waals surface area contributed by atoms with Gasteiger partial charge in [0.15, 0.2) is 0 Å². The molecule has 0 saturated carbocycles. The van der Waals surface area contributed by atoms with Gasteiger partial charge in [0.1, 0.15) is 0 Å². The van der Waals surface area contributed by atoms with Crippen molar-refractivity contribution >= 4 is 32.7 Å². The minimum absolute atomic E-state index is 0.188. The Bertz CT molecular complexity index is 975. The van der Waals surface area contributed by atoms with Crippen LogP contribution in [-0.4, -0.2) is 8.42 Å². The number of nitrogen functional groups attached to an aromatic ring is 1. The Kier molecular flexibility index (Phi) is 4.34. The van der Waals surface area contributed by atoms with Crippen molar-refractivity contribution in [2.45, 2.75) is 18.7 Å². The van der Waals surface area contributed by atoms with Crippen LogP contribution < -0.4 is 10.5 Å². The molecule has 0 bridgehead atoms. The fourth-order valence-corrected chi connectivity index (χ4v) is 4.31. The van der Waals surface area contributed by atoms with Crippen molar-refractivity contribution in [2.24, 2.45) is 0 Å². The van der Waals surface area contributed by atoms with Crippen molar-refractivity contribution in [2.75, 3.05) is 10.5 Å². The van der Waals surface area contributed by atoms with Gasteiger partial charge in [0.05, 0.1) is 10.6 Å². The molecule has 1 aromatic heterocycles. The second kappa shape index (κ2) is 6.30. The van der Waals surface area contributed by atoms with Gasteiger partial charge in [-0.05, 0) is 67.4 Å². The topological polar surface area (TPSA) is 72.2 Å². The van der Waals surface area contributed by atoms with Crippen LogP contribution in [0.2, 0.25) is 0 Å². The highest BCUT2D eigenvalue weighted by Crippen LogP contribution is 2.31. The summed E-state index contributed by atoms with van der Waals surface area (Å²) in [6, 6.07) is 16.0. The Balaban J connectivity index is 1.96. The smallest absolute Gasteiger partial charge is 0.261 e. The molecule has 0 aliphatic heterocycles. The number of rotatable bonds is 4. The molecule has 0 aliphatic rings. The fraction of sp³-hybridized carbons (Fsp3) is 0.111. The first-order valence-electron chi connectivity index (χ1n) is 7.41. The number of anilines is 2. The minimum atomic E-state index is -3.65. The number of nitrogens with one attached hydrogen (secondary N) is 1. The summed E-state index contributed by atoms with van der Waals surface area (Å²) in [5.41, 5.74) is 8.59. The Morgan fingerprint density at radius 2 is 1.67 bits per heavy atom. The summed E-state index contributed by atoms with van der Waals surface area (Å²) >= 11 is 1.68. The number of aryl methyl sites for hydroxylation is 2. The van der Waals surface area contributed by atoms with Crippen LogP contribution in [-0.2, 0) is 10.0 Å². The highest BCUT2D eigenvalue weighted by molar-refractivity contribution is 7.92. The van der Waals surface area contributed by atoms with Crippen molar-refractivity contribution in [1.82, 2.24) is 0 Å². The minimum Gasteiger partial charge on any atom is -0.399 e. The molecule has 6 heteroatoms. The maximum absolute atomic E-state index is 12.6. The molecule has 0 fully saturated rings. The van der Waals surface area contributed by atoms with Crippen molar-refractivity contribution in [1.29, 1.82) is 0 Å². The molecule has 4 nitrogen and oxygen atoms in total. The predicted octanol–water partition coefficient (Wildman–Crippen LogP) is 4.41. The quantitative estimate of drug-likeness (QED) is 0.678. The van der Waals surface area contributed by atoms with Crippen molar-refractivity contribution in [3.63, 3.8) is 0 Å². The molecule has 124 valence electrons. The molecular weight excluding hydrogens is 340 g/mol. The van der Waals surface area contributed by atoms with Crippen LogP contribution in [0.15, 0.2) is 59.5 Å². The van der Waals surface area contributed by atoms with Crippen molar-refractivity contribution in [3.05, 3.63) is 65.0 Å². The molecule has 2 aromatic carbocycles. The highest BCUT2D eigenvalue weighted by atomic mass is 32.2. The molecular formula is C18H18N2O2S2. The van der Waals surface area contributed by atoms with E-state index in [1.807, 2.05) is 38.1 Å². The second-order valence-corrected chi connectivity index (χ2v) is 8.58. The number of hydrogen-bond donors (Lipinski definition) is 2. The molecule has 0 spiro atoms. The van der Waals surface area contributed by atoms with Gasteiger partial charge in [0.25, 0.3) is 10.0 Å². The van der Waals surface area contributed by atoms with Crippen LogP contribution in [0, 0.1) is 13.8 Å². The van der Waals surface area contributed by atoms with Gasteiger partial charge in [-0.15, -0.1) is 11.3 Å². The van der Waals surface area contributed by atoms with Crippen LogP contribution in [0.3, 0.4) is 0 Å². The first-order chi connectivity index (χ1) is 11.3. The maximum Gasteiger partial charge on any atom is 0.261 e. The zero-order valence-corrected chi connectivity index (χ0v) is 15.0. The van der Waals surface area contributed by atoms with Gasteiger partial charge in [0.2, 0.25) is 0 Å². The molecule has 3 aromatic rings. The molecule has 0 amide bonds. The summed E-state index contributed by atoms with van der Waals surface area (Å²) in [7, 11) is -3.65. The Labute approximate surface area is 146 Å². The molecule has 24 heavy (non-hydrogen) atoms. The van der Waals surface area contributed by atoms with E-state index >= 15 is 0 Å². The predicted molar refractivity (Wildman–Crippen MR) is 101 cm³/mol. The number of sulfonamides is 1. The number of benzene rings is 2. The fourth-order valence-electron chi connectivity index (χ4n) is 2.33. The average molecular weight is 358 g/mol. The zero-order valence-electron chi connectivity index (χ0n) is 13.4. The summed E-state index contributed by atoms with van der Waals surface area (Å²) in [5, 5.41) is 0. The van der Waals surface area contributed by atoms with E-state index in [2.05, 4.69) is 10.8 Å². The lowest BCUT2D eigenvalue weighted by atomic mass is 10.1. The Morgan fingerprint density at radius 1 is 0.958 bits per heavy atom. The monoisotopic (exact) mass is 358 g/mol. The number of hydrogen-bond acceptors (Lipinski definition) is 4. The summed E-state index contributed by atoms with van der Waals surface area (Å²) in [6.45, 7) is 3.93. The molecule has 0 aliphatic carbocycles. The van der Waals surface area contributed by atoms with E-state index in [4.69, 9.17) is 5.73 Å². The van der Waals surface area contributed by atoms with Gasteiger partial charge in [0, 0.05) is 15.4 Å². The third-order valence-corrected chi connectivity index (χ3v) is 6.13. The first kappa shape index (κ1) is 16.5. The van der Waals surface area contributed by atoms with E-state index in [0.717, 1.165) is 16.0 Å². The summed E-state index contributed by atoms with van der Waals surface area (Å²) in [5.74, 6) is 0. The maximum atomic E-state index is 12.6. The summed E-state index contributed by atoms with van der Waals surface area (Å²) in [4.78, 5) is 2.52. The van der Waals surface area contributed by atoms with Gasteiger partial charge in [-0.3, -0.25) is 4.72 Å². The van der Waals surface area contributed by atoms with Gasteiger partial charge >= 0.3 is 0 Å². The normalized spacial score (nSPS) is 11.4. The third kappa shape index (κ3) is 3.44. The first-order valence-corrected chi connectivity index (χ1v) is 9.71. The second-order valence-electron chi connectivity index (χ2n) is 5.61. The van der Waals surface area contributed by atoms with Crippen molar-refractivity contribution < 1.29 is 8.42 Å². The van der Waals surface area contributed by atoms with Crippen LogP contribution >= 0.6 is 11.3 Å². The molecule has 0 saturated heterocycles. The van der Waals surface area contributed by atoms with Gasteiger partial charge in [-0.1, -0.05) is 12.1 Å². The SMILES string of the molecule is Cc1ccc(-c2ccc(C)c(NS(=O)(=O)c3ccc(N)cc3)c2)s1. The van der Waals surface area contributed by atoms with Crippen LogP contribution in [0.4, 0.5) is 11.4 Å². The molecule has 0 atom stereocenters. The van der Waals surface area contributed by atoms with Gasteiger partial charge in [-0.2, -0.15) is 0 Å². The van der Waals surface area contributed by atoms with E-state index in [-0.39, 0.29) is 4.90 Å². The molecule has 3 rings (SSSR count).